The third kappa shape index (κ3) is 4.33. The number of urea groups is 1. The van der Waals surface area contributed by atoms with Crippen LogP contribution in [0.2, 0.25) is 0 Å². The van der Waals surface area contributed by atoms with E-state index in [9.17, 15) is 9.59 Å². The van der Waals surface area contributed by atoms with Crippen LogP contribution < -0.4 is 16.8 Å². The number of nitrogens with one attached hydrogen (secondary N) is 1. The second kappa shape index (κ2) is 7.60. The molecule has 0 unspecified atom stereocenters. The minimum Gasteiger partial charge on any atom is -0.364 e. The first kappa shape index (κ1) is 17.3. The summed E-state index contributed by atoms with van der Waals surface area (Å²) in [6.07, 6.45) is 8.04. The molecule has 132 valence electrons. The molecule has 0 aliphatic heterocycles. The van der Waals surface area contributed by atoms with Crippen molar-refractivity contribution in [2.45, 2.75) is 42.2 Å². The first-order chi connectivity index (χ1) is 12.0. The van der Waals surface area contributed by atoms with Crippen LogP contribution in [0.3, 0.4) is 0 Å². The molecular weight excluding hydrogens is 338 g/mol. The van der Waals surface area contributed by atoms with Gasteiger partial charge in [0.2, 0.25) is 0 Å². The van der Waals surface area contributed by atoms with E-state index in [4.69, 9.17) is 11.5 Å². The molecule has 8 heteroatoms. The second-order valence-corrected chi connectivity index (χ2v) is 7.43. The Morgan fingerprint density at radius 1 is 1.12 bits per heavy atom. The van der Waals surface area contributed by atoms with E-state index in [1.165, 1.54) is 47.9 Å². The summed E-state index contributed by atoms with van der Waals surface area (Å²) < 4.78 is 1.50. The Labute approximate surface area is 150 Å². The van der Waals surface area contributed by atoms with Gasteiger partial charge in [-0.1, -0.05) is 19.3 Å². The molecule has 0 saturated heterocycles. The third-order valence-electron chi connectivity index (χ3n) is 4.16. The highest BCUT2D eigenvalue weighted by Crippen LogP contribution is 2.33. The predicted octanol–water partition coefficient (Wildman–Crippen LogP) is 2.89. The van der Waals surface area contributed by atoms with Crippen molar-refractivity contribution in [1.29, 1.82) is 0 Å². The Bertz CT molecular complexity index is 766. The van der Waals surface area contributed by atoms with Crippen molar-refractivity contribution >= 4 is 29.4 Å². The summed E-state index contributed by atoms with van der Waals surface area (Å²) in [5.41, 5.74) is 11.3. The summed E-state index contributed by atoms with van der Waals surface area (Å²) in [6, 6.07) is 7.16. The van der Waals surface area contributed by atoms with Gasteiger partial charge in [-0.2, -0.15) is 5.10 Å². The number of hydrogen-bond acceptors (Lipinski definition) is 4. The molecular formula is C17H21N5O2S. The molecule has 1 heterocycles. The number of carbonyl (C=O) groups excluding carboxylic acids is 2. The maximum atomic E-state index is 11.5. The molecule has 1 fully saturated rings. The zero-order valence-electron chi connectivity index (χ0n) is 13.8. The number of primary amides is 2. The van der Waals surface area contributed by atoms with Gasteiger partial charge < -0.3 is 16.8 Å². The van der Waals surface area contributed by atoms with Crippen molar-refractivity contribution in [3.8, 4) is 5.69 Å². The molecule has 0 radical (unpaired) electrons. The van der Waals surface area contributed by atoms with Crippen LogP contribution in [-0.2, 0) is 0 Å². The van der Waals surface area contributed by atoms with Crippen LogP contribution >= 0.6 is 11.8 Å². The van der Waals surface area contributed by atoms with Crippen LogP contribution in [-0.4, -0.2) is 27.0 Å². The molecule has 7 nitrogen and oxygen atoms in total. The lowest BCUT2D eigenvalue weighted by molar-refractivity contribution is 0.0996. The summed E-state index contributed by atoms with van der Waals surface area (Å²) in [4.78, 5) is 23.7. The maximum Gasteiger partial charge on any atom is 0.316 e. The normalized spacial score (nSPS) is 15.0. The van der Waals surface area contributed by atoms with Crippen molar-refractivity contribution in [2.75, 3.05) is 5.32 Å². The van der Waals surface area contributed by atoms with Crippen LogP contribution in [0.1, 0.15) is 42.6 Å². The zero-order chi connectivity index (χ0) is 17.8. The Balaban J connectivity index is 1.77. The van der Waals surface area contributed by atoms with Gasteiger partial charge in [0.15, 0.2) is 5.69 Å². The SMILES string of the molecule is NC(=O)Nc1cn(-c2ccc(SC3CCCCC3)cc2)nc1C(N)=O. The molecule has 0 spiro atoms. The van der Waals surface area contributed by atoms with Gasteiger partial charge >= 0.3 is 6.03 Å². The number of rotatable bonds is 5. The average Bonchev–Trinajstić information content (AvgIpc) is 3.00. The van der Waals surface area contributed by atoms with Gasteiger partial charge in [-0.25, -0.2) is 9.48 Å². The van der Waals surface area contributed by atoms with Crippen molar-refractivity contribution in [3.05, 3.63) is 36.2 Å². The highest BCUT2D eigenvalue weighted by atomic mass is 32.2. The largest absolute Gasteiger partial charge is 0.364 e. The average molecular weight is 359 g/mol. The van der Waals surface area contributed by atoms with Crippen LogP contribution in [0.4, 0.5) is 10.5 Å². The Morgan fingerprint density at radius 2 is 1.80 bits per heavy atom. The Hall–Kier alpha value is -2.48. The quantitative estimate of drug-likeness (QED) is 0.761. The number of nitrogens with zero attached hydrogens (tertiary/aromatic N) is 2. The van der Waals surface area contributed by atoms with Gasteiger partial charge in [0, 0.05) is 10.1 Å². The predicted molar refractivity (Wildman–Crippen MR) is 98.0 cm³/mol. The number of aromatic nitrogens is 2. The molecule has 1 saturated carbocycles. The van der Waals surface area contributed by atoms with Crippen LogP contribution in [0, 0.1) is 0 Å². The fraction of sp³-hybridized carbons (Fsp3) is 0.353. The highest BCUT2D eigenvalue weighted by molar-refractivity contribution is 8.00. The molecule has 25 heavy (non-hydrogen) atoms. The number of nitrogens with two attached hydrogens (primary N) is 2. The minimum absolute atomic E-state index is 0.0283. The Kier molecular flexibility index (Phi) is 5.28. The molecule has 3 rings (SSSR count). The van der Waals surface area contributed by atoms with E-state index in [1.807, 2.05) is 36.0 Å². The molecule has 3 amide bonds. The summed E-state index contributed by atoms with van der Waals surface area (Å²) >= 11 is 1.91. The fourth-order valence-electron chi connectivity index (χ4n) is 2.97. The topological polar surface area (TPSA) is 116 Å². The van der Waals surface area contributed by atoms with Gasteiger partial charge in [0.1, 0.15) is 0 Å². The van der Waals surface area contributed by atoms with Crippen molar-refractivity contribution in [1.82, 2.24) is 9.78 Å². The van der Waals surface area contributed by atoms with Crippen molar-refractivity contribution < 1.29 is 9.59 Å². The molecule has 1 aliphatic rings. The van der Waals surface area contributed by atoms with E-state index in [-0.39, 0.29) is 11.4 Å². The molecule has 5 N–H and O–H groups in total. The van der Waals surface area contributed by atoms with E-state index < -0.39 is 11.9 Å². The van der Waals surface area contributed by atoms with Gasteiger partial charge in [0.25, 0.3) is 5.91 Å². The van der Waals surface area contributed by atoms with Crippen molar-refractivity contribution in [2.24, 2.45) is 11.5 Å². The smallest absolute Gasteiger partial charge is 0.316 e. The second-order valence-electron chi connectivity index (χ2n) is 6.06. The van der Waals surface area contributed by atoms with E-state index in [2.05, 4.69) is 10.4 Å². The lowest BCUT2D eigenvalue weighted by atomic mass is 10.0. The van der Waals surface area contributed by atoms with Crippen LogP contribution in [0.25, 0.3) is 5.69 Å². The Morgan fingerprint density at radius 3 is 2.40 bits per heavy atom. The van der Waals surface area contributed by atoms with E-state index in [0.717, 1.165) is 5.69 Å². The first-order valence-electron chi connectivity index (χ1n) is 8.26. The fourth-order valence-corrected chi connectivity index (χ4v) is 4.21. The molecule has 1 aromatic carbocycles. The van der Waals surface area contributed by atoms with E-state index in [0.29, 0.717) is 5.25 Å². The van der Waals surface area contributed by atoms with Crippen molar-refractivity contribution in [3.63, 3.8) is 0 Å². The van der Waals surface area contributed by atoms with E-state index in [1.54, 1.807) is 0 Å². The van der Waals surface area contributed by atoms with Crippen LogP contribution in [0.5, 0.6) is 0 Å². The van der Waals surface area contributed by atoms with Crippen LogP contribution in [0.15, 0.2) is 35.4 Å². The van der Waals surface area contributed by atoms with Gasteiger partial charge in [0.05, 0.1) is 17.6 Å². The standard InChI is InChI=1S/C17H21N5O2S/c18-16(23)15-14(20-17(19)24)10-22(21-15)11-6-8-13(9-7-11)25-12-4-2-1-3-5-12/h6-10,12H,1-5H2,(H2,18,23)(H3,19,20,24). The van der Waals surface area contributed by atoms with Gasteiger partial charge in [-0.3, -0.25) is 4.79 Å². The molecule has 1 aliphatic carbocycles. The van der Waals surface area contributed by atoms with Gasteiger partial charge in [-0.15, -0.1) is 11.8 Å². The highest BCUT2D eigenvalue weighted by Gasteiger charge is 2.17. The molecule has 0 bridgehead atoms. The number of benzene rings is 1. The summed E-state index contributed by atoms with van der Waals surface area (Å²) in [6.45, 7) is 0. The maximum absolute atomic E-state index is 11.5. The lowest BCUT2D eigenvalue weighted by Crippen LogP contribution is -2.22. The third-order valence-corrected chi connectivity index (χ3v) is 5.51. The molecule has 2 aromatic rings. The number of amides is 3. The number of carbonyl (C=O) groups is 2. The van der Waals surface area contributed by atoms with E-state index >= 15 is 0 Å². The summed E-state index contributed by atoms with van der Waals surface area (Å²) in [5.74, 6) is -0.730. The van der Waals surface area contributed by atoms with Gasteiger partial charge in [-0.05, 0) is 37.1 Å². The molecule has 0 atom stereocenters. The summed E-state index contributed by atoms with van der Waals surface area (Å²) in [7, 11) is 0. The summed E-state index contributed by atoms with van der Waals surface area (Å²) in [5, 5.41) is 7.20. The minimum atomic E-state index is -0.777. The lowest BCUT2D eigenvalue weighted by Gasteiger charge is -2.20. The number of anilines is 1. The zero-order valence-corrected chi connectivity index (χ0v) is 14.6. The first-order valence-corrected chi connectivity index (χ1v) is 9.14. The molecule has 1 aromatic heterocycles. The number of thioether (sulfide) groups is 1. The monoisotopic (exact) mass is 359 g/mol. The number of hydrogen-bond donors (Lipinski definition) is 3.